The lowest BCUT2D eigenvalue weighted by Crippen LogP contribution is -2.34. The molecule has 106 valence electrons. The highest BCUT2D eigenvalue weighted by Gasteiger charge is 2.29. The molecule has 3 nitrogen and oxygen atoms in total. The number of benzene rings is 1. The van der Waals surface area contributed by atoms with Crippen molar-refractivity contribution in [3.63, 3.8) is 0 Å². The summed E-state index contributed by atoms with van der Waals surface area (Å²) in [5.74, 6) is 0. The highest BCUT2D eigenvalue weighted by molar-refractivity contribution is 7.80. The van der Waals surface area contributed by atoms with Gasteiger partial charge in [-0.25, -0.2) is 0 Å². The Bertz CT molecular complexity index is 434. The van der Waals surface area contributed by atoms with Gasteiger partial charge >= 0.3 is 6.18 Å². The average molecular weight is 292 g/mol. The van der Waals surface area contributed by atoms with Gasteiger partial charge in [0, 0.05) is 12.1 Å². The second-order valence-corrected chi connectivity index (χ2v) is 4.75. The van der Waals surface area contributed by atoms with E-state index in [1.165, 1.54) is 7.05 Å². The Morgan fingerprint density at radius 2 is 1.89 bits per heavy atom. The van der Waals surface area contributed by atoms with Crippen LogP contribution in [0.25, 0.3) is 0 Å². The summed E-state index contributed by atoms with van der Waals surface area (Å²) in [5, 5.41) is 9.84. The standard InChI is InChI=1S/C12H15F3N2OS/c1-17(7-12(13,14)15)6-10(18)8-2-4-9(5-3-8)11(16)19/h2-5,10,18H,6-7H2,1H3,(H2,16,19). The van der Waals surface area contributed by atoms with Gasteiger partial charge in [-0.1, -0.05) is 36.5 Å². The third kappa shape index (κ3) is 5.54. The molecule has 1 unspecified atom stereocenters. The summed E-state index contributed by atoms with van der Waals surface area (Å²) in [6.07, 6.45) is -5.27. The number of aliphatic hydroxyl groups is 1. The van der Waals surface area contributed by atoms with Crippen LogP contribution in [-0.2, 0) is 0 Å². The second-order valence-electron chi connectivity index (χ2n) is 4.31. The normalized spacial score (nSPS) is 13.6. The molecule has 1 rings (SSSR count). The molecule has 0 aliphatic rings. The van der Waals surface area contributed by atoms with Gasteiger partial charge in [0.2, 0.25) is 0 Å². The third-order valence-electron chi connectivity index (χ3n) is 2.51. The number of rotatable bonds is 5. The van der Waals surface area contributed by atoms with Crippen LogP contribution in [0.4, 0.5) is 13.2 Å². The fourth-order valence-electron chi connectivity index (χ4n) is 1.64. The van der Waals surface area contributed by atoms with Crippen molar-refractivity contribution in [3.05, 3.63) is 35.4 Å². The van der Waals surface area contributed by atoms with Crippen LogP contribution in [-0.4, -0.2) is 41.3 Å². The zero-order valence-corrected chi connectivity index (χ0v) is 11.1. The summed E-state index contributed by atoms with van der Waals surface area (Å²) in [6, 6.07) is 6.45. The highest BCUT2D eigenvalue weighted by atomic mass is 32.1. The molecule has 7 heteroatoms. The van der Waals surface area contributed by atoms with E-state index in [0.29, 0.717) is 11.1 Å². The summed E-state index contributed by atoms with van der Waals surface area (Å²) in [6.45, 7) is -1.17. The van der Waals surface area contributed by atoms with Crippen LogP contribution in [0.15, 0.2) is 24.3 Å². The zero-order valence-electron chi connectivity index (χ0n) is 10.3. The van der Waals surface area contributed by atoms with E-state index in [1.807, 2.05) is 0 Å². The van der Waals surface area contributed by atoms with Crippen LogP contribution >= 0.6 is 12.2 Å². The predicted octanol–water partition coefficient (Wildman–Crippen LogP) is 1.85. The van der Waals surface area contributed by atoms with Gasteiger partial charge in [0.1, 0.15) is 4.99 Å². The van der Waals surface area contributed by atoms with Gasteiger partial charge in [0.15, 0.2) is 0 Å². The molecule has 0 aromatic heterocycles. The van der Waals surface area contributed by atoms with Crippen LogP contribution in [0.1, 0.15) is 17.2 Å². The first-order chi connectivity index (χ1) is 8.69. The van der Waals surface area contributed by atoms with E-state index >= 15 is 0 Å². The maximum Gasteiger partial charge on any atom is 0.401 e. The first kappa shape index (κ1) is 15.9. The topological polar surface area (TPSA) is 49.5 Å². The van der Waals surface area contributed by atoms with Crippen LogP contribution < -0.4 is 5.73 Å². The van der Waals surface area contributed by atoms with Gasteiger partial charge in [0.25, 0.3) is 0 Å². The lowest BCUT2D eigenvalue weighted by atomic mass is 10.1. The van der Waals surface area contributed by atoms with E-state index in [1.54, 1.807) is 24.3 Å². The number of hydrogen-bond acceptors (Lipinski definition) is 3. The fourth-order valence-corrected chi connectivity index (χ4v) is 1.78. The number of hydrogen-bond donors (Lipinski definition) is 2. The second kappa shape index (κ2) is 6.31. The van der Waals surface area contributed by atoms with Crippen molar-refractivity contribution >= 4 is 17.2 Å². The molecule has 3 N–H and O–H groups in total. The summed E-state index contributed by atoms with van der Waals surface area (Å²) >= 11 is 4.78. The molecule has 19 heavy (non-hydrogen) atoms. The maximum atomic E-state index is 12.1. The van der Waals surface area contributed by atoms with E-state index in [2.05, 4.69) is 0 Å². The van der Waals surface area contributed by atoms with Crippen molar-refractivity contribution in [2.24, 2.45) is 5.73 Å². The molecule has 0 saturated heterocycles. The first-order valence-corrected chi connectivity index (χ1v) is 5.93. The van der Waals surface area contributed by atoms with Crippen molar-refractivity contribution < 1.29 is 18.3 Å². The van der Waals surface area contributed by atoms with Crippen molar-refractivity contribution in [3.8, 4) is 0 Å². The van der Waals surface area contributed by atoms with Crippen LogP contribution in [0, 0.1) is 0 Å². The summed E-state index contributed by atoms with van der Waals surface area (Å²) in [7, 11) is 1.31. The molecule has 0 fully saturated rings. The lowest BCUT2D eigenvalue weighted by molar-refractivity contribution is -0.145. The van der Waals surface area contributed by atoms with Gasteiger partial charge in [-0.15, -0.1) is 0 Å². The average Bonchev–Trinajstić information content (AvgIpc) is 2.26. The molecule has 0 radical (unpaired) electrons. The Kier molecular flexibility index (Phi) is 5.28. The molecule has 0 heterocycles. The predicted molar refractivity (Wildman–Crippen MR) is 70.8 cm³/mol. The minimum Gasteiger partial charge on any atom is -0.389 e. The van der Waals surface area contributed by atoms with Crippen molar-refractivity contribution in [2.45, 2.75) is 12.3 Å². The minimum atomic E-state index is -4.27. The molecule has 1 aromatic rings. The molecular formula is C12H15F3N2OS. The molecule has 1 aromatic carbocycles. The van der Waals surface area contributed by atoms with Crippen molar-refractivity contribution in [1.29, 1.82) is 0 Å². The van der Waals surface area contributed by atoms with Crippen LogP contribution in [0.3, 0.4) is 0 Å². The monoisotopic (exact) mass is 292 g/mol. The van der Waals surface area contributed by atoms with Gasteiger partial charge in [-0.05, 0) is 12.6 Å². The molecule has 0 aliphatic heterocycles. The summed E-state index contributed by atoms with van der Waals surface area (Å²) in [4.78, 5) is 1.25. The van der Waals surface area contributed by atoms with Gasteiger partial charge in [0.05, 0.1) is 12.6 Å². The van der Waals surface area contributed by atoms with E-state index in [0.717, 1.165) is 4.90 Å². The number of likely N-dealkylation sites (N-methyl/N-ethyl adjacent to an activating group) is 1. The fraction of sp³-hybridized carbons (Fsp3) is 0.417. The largest absolute Gasteiger partial charge is 0.401 e. The molecule has 1 atom stereocenters. The van der Waals surface area contributed by atoms with Gasteiger partial charge in [-0.2, -0.15) is 13.2 Å². The number of alkyl halides is 3. The van der Waals surface area contributed by atoms with E-state index in [9.17, 15) is 18.3 Å². The molecule has 0 saturated carbocycles. The van der Waals surface area contributed by atoms with Gasteiger partial charge < -0.3 is 10.8 Å². The van der Waals surface area contributed by atoms with Crippen molar-refractivity contribution in [2.75, 3.05) is 20.1 Å². The number of aliphatic hydroxyl groups excluding tert-OH is 1. The minimum absolute atomic E-state index is 0.105. The summed E-state index contributed by atoms with van der Waals surface area (Å²) in [5.41, 5.74) is 6.60. The quantitative estimate of drug-likeness (QED) is 0.813. The molecule has 0 amide bonds. The van der Waals surface area contributed by atoms with E-state index < -0.39 is 18.8 Å². The number of halogens is 3. The first-order valence-electron chi connectivity index (χ1n) is 5.52. The van der Waals surface area contributed by atoms with Gasteiger partial charge in [-0.3, -0.25) is 4.90 Å². The van der Waals surface area contributed by atoms with E-state index in [4.69, 9.17) is 18.0 Å². The number of nitrogens with two attached hydrogens (primary N) is 1. The molecule has 0 bridgehead atoms. The molecular weight excluding hydrogens is 277 g/mol. The summed E-state index contributed by atoms with van der Waals surface area (Å²) < 4.78 is 36.4. The highest BCUT2D eigenvalue weighted by Crippen LogP contribution is 2.19. The Balaban J connectivity index is 2.62. The number of thiocarbonyl (C=S) groups is 1. The van der Waals surface area contributed by atoms with Crippen molar-refractivity contribution in [1.82, 2.24) is 4.90 Å². The smallest absolute Gasteiger partial charge is 0.389 e. The van der Waals surface area contributed by atoms with Crippen LogP contribution in [0.2, 0.25) is 0 Å². The lowest BCUT2D eigenvalue weighted by Gasteiger charge is -2.22. The number of nitrogens with zero attached hydrogens (tertiary/aromatic N) is 1. The molecule has 0 aliphatic carbocycles. The Hall–Kier alpha value is -1.18. The molecule has 0 spiro atoms. The zero-order chi connectivity index (χ0) is 14.6. The third-order valence-corrected chi connectivity index (χ3v) is 2.75. The van der Waals surface area contributed by atoms with Crippen LogP contribution in [0.5, 0.6) is 0 Å². The Morgan fingerprint density at radius 3 is 2.32 bits per heavy atom. The SMILES string of the molecule is CN(CC(O)c1ccc(C(N)=S)cc1)CC(F)(F)F. The maximum absolute atomic E-state index is 12.1. The Labute approximate surface area is 114 Å². The Morgan fingerprint density at radius 1 is 1.37 bits per heavy atom. The van der Waals surface area contributed by atoms with E-state index in [-0.39, 0.29) is 11.5 Å².